The lowest BCUT2D eigenvalue weighted by Crippen LogP contribution is -2.31. The van der Waals surface area contributed by atoms with Crippen molar-refractivity contribution in [3.05, 3.63) is 65.7 Å². The largest absolute Gasteiger partial charge is 0.264 e. The monoisotopic (exact) mass is 367 g/mol. The zero-order chi connectivity index (χ0) is 17.0. The van der Waals surface area contributed by atoms with Crippen LogP contribution in [0.2, 0.25) is 5.02 Å². The van der Waals surface area contributed by atoms with Crippen LogP contribution in [-0.4, -0.2) is 21.2 Å². The van der Waals surface area contributed by atoms with E-state index in [0.29, 0.717) is 10.7 Å². The number of rotatable bonds is 6. The van der Waals surface area contributed by atoms with Crippen LogP contribution in [0, 0.1) is 6.92 Å². The first-order valence-corrected chi connectivity index (χ1v) is 9.99. The maximum Gasteiger partial charge on any atom is 0.264 e. The van der Waals surface area contributed by atoms with Gasteiger partial charge in [-0.1, -0.05) is 23.7 Å². The highest BCUT2D eigenvalue weighted by Gasteiger charge is 2.25. The number of benzene rings is 2. The number of hydrogen-bond acceptors (Lipinski definition) is 3. The summed E-state index contributed by atoms with van der Waals surface area (Å²) in [6.07, 6.45) is 3.51. The molecule has 0 bridgehead atoms. The van der Waals surface area contributed by atoms with Crippen molar-refractivity contribution in [2.24, 2.45) is 0 Å². The summed E-state index contributed by atoms with van der Waals surface area (Å²) in [5.74, 6) is 0. The standard InChI is InChI=1S/C17H18ClNO2S2/c1-4-12-19(17-7-5-6-16(18)13(17)2)23(20,21)15-10-8-14(22-3)9-11-15/h4-11H,1,12H2,2-3H3. The van der Waals surface area contributed by atoms with Gasteiger partial charge in [0.2, 0.25) is 0 Å². The number of hydrogen-bond donors (Lipinski definition) is 0. The molecule has 122 valence electrons. The van der Waals surface area contributed by atoms with Crippen LogP contribution in [0.5, 0.6) is 0 Å². The number of thioether (sulfide) groups is 1. The highest BCUT2D eigenvalue weighted by Crippen LogP contribution is 2.31. The minimum Gasteiger partial charge on any atom is -0.262 e. The van der Waals surface area contributed by atoms with Gasteiger partial charge in [0.05, 0.1) is 17.1 Å². The lowest BCUT2D eigenvalue weighted by Gasteiger charge is -2.25. The molecule has 0 saturated carbocycles. The maximum absolute atomic E-state index is 13.0. The number of anilines is 1. The molecule has 0 amide bonds. The van der Waals surface area contributed by atoms with Gasteiger partial charge in [0.15, 0.2) is 0 Å². The molecule has 0 unspecified atom stereocenters. The van der Waals surface area contributed by atoms with Crippen molar-refractivity contribution in [3.63, 3.8) is 0 Å². The van der Waals surface area contributed by atoms with Gasteiger partial charge in [-0.15, -0.1) is 18.3 Å². The average Bonchev–Trinajstić information content (AvgIpc) is 2.55. The maximum atomic E-state index is 13.0. The van der Waals surface area contributed by atoms with Crippen LogP contribution in [0.15, 0.2) is 64.9 Å². The fourth-order valence-corrected chi connectivity index (χ4v) is 4.26. The summed E-state index contributed by atoms with van der Waals surface area (Å²) in [5.41, 5.74) is 1.28. The van der Waals surface area contributed by atoms with E-state index in [0.717, 1.165) is 10.5 Å². The van der Waals surface area contributed by atoms with Crippen LogP contribution >= 0.6 is 23.4 Å². The van der Waals surface area contributed by atoms with E-state index in [4.69, 9.17) is 11.6 Å². The molecule has 0 atom stereocenters. The molecule has 2 rings (SSSR count). The van der Waals surface area contributed by atoms with Crippen molar-refractivity contribution >= 4 is 39.1 Å². The van der Waals surface area contributed by atoms with Crippen molar-refractivity contribution in [2.75, 3.05) is 17.1 Å². The zero-order valence-corrected chi connectivity index (χ0v) is 15.4. The first-order valence-electron chi connectivity index (χ1n) is 6.94. The Morgan fingerprint density at radius 2 is 1.87 bits per heavy atom. The second kappa shape index (κ2) is 7.43. The summed E-state index contributed by atoms with van der Waals surface area (Å²) in [5, 5.41) is 0.532. The van der Waals surface area contributed by atoms with Gasteiger partial charge >= 0.3 is 0 Å². The molecule has 0 heterocycles. The second-order valence-electron chi connectivity index (χ2n) is 4.88. The molecule has 2 aromatic rings. The normalized spacial score (nSPS) is 11.3. The van der Waals surface area contributed by atoms with Crippen LogP contribution in [0.3, 0.4) is 0 Å². The Hall–Kier alpha value is -1.43. The lowest BCUT2D eigenvalue weighted by molar-refractivity contribution is 0.592. The summed E-state index contributed by atoms with van der Waals surface area (Å²) in [6.45, 7) is 5.65. The minimum atomic E-state index is -3.69. The molecule has 0 spiro atoms. The number of sulfonamides is 1. The fraction of sp³-hybridized carbons (Fsp3) is 0.176. The molecule has 0 aliphatic rings. The van der Waals surface area contributed by atoms with E-state index in [2.05, 4.69) is 6.58 Å². The van der Waals surface area contributed by atoms with Crippen LogP contribution in [0.4, 0.5) is 5.69 Å². The van der Waals surface area contributed by atoms with Crippen molar-refractivity contribution in [1.82, 2.24) is 0 Å². The van der Waals surface area contributed by atoms with Crippen molar-refractivity contribution < 1.29 is 8.42 Å². The van der Waals surface area contributed by atoms with E-state index < -0.39 is 10.0 Å². The highest BCUT2D eigenvalue weighted by atomic mass is 35.5. The second-order valence-corrected chi connectivity index (χ2v) is 8.03. The summed E-state index contributed by atoms with van der Waals surface area (Å²) in [4.78, 5) is 1.26. The molecule has 0 aliphatic carbocycles. The molecule has 0 aliphatic heterocycles. The van der Waals surface area contributed by atoms with Gasteiger partial charge in [-0.2, -0.15) is 0 Å². The van der Waals surface area contributed by atoms with E-state index >= 15 is 0 Å². The lowest BCUT2D eigenvalue weighted by atomic mass is 10.2. The van der Waals surface area contributed by atoms with Gasteiger partial charge in [0.1, 0.15) is 0 Å². The molecule has 0 saturated heterocycles. The van der Waals surface area contributed by atoms with Crippen LogP contribution in [-0.2, 0) is 10.0 Å². The first-order chi connectivity index (χ1) is 10.9. The van der Waals surface area contributed by atoms with Gasteiger partial charge in [-0.05, 0) is 55.1 Å². The van der Waals surface area contributed by atoms with Crippen molar-refractivity contribution in [3.8, 4) is 0 Å². The third-order valence-corrected chi connectivity index (χ3v) is 6.40. The smallest absolute Gasteiger partial charge is 0.262 e. The van der Waals surface area contributed by atoms with Crippen LogP contribution < -0.4 is 4.31 Å². The van der Waals surface area contributed by atoms with E-state index in [9.17, 15) is 8.42 Å². The highest BCUT2D eigenvalue weighted by molar-refractivity contribution is 7.98. The summed E-state index contributed by atoms with van der Waals surface area (Å²) < 4.78 is 27.4. The molecule has 2 aromatic carbocycles. The predicted octanol–water partition coefficient (Wildman–Crippen LogP) is 4.75. The van der Waals surface area contributed by atoms with Crippen molar-refractivity contribution in [2.45, 2.75) is 16.7 Å². The summed E-state index contributed by atoms with van der Waals surface area (Å²) in [7, 11) is -3.69. The molecule has 0 fully saturated rings. The molecule has 0 N–H and O–H groups in total. The molecule has 0 radical (unpaired) electrons. The Kier molecular flexibility index (Phi) is 5.79. The Morgan fingerprint density at radius 3 is 2.43 bits per heavy atom. The number of nitrogens with zero attached hydrogens (tertiary/aromatic N) is 1. The van der Waals surface area contributed by atoms with E-state index in [-0.39, 0.29) is 11.4 Å². The molecule has 6 heteroatoms. The van der Waals surface area contributed by atoms with E-state index in [1.807, 2.05) is 6.26 Å². The van der Waals surface area contributed by atoms with Gasteiger partial charge < -0.3 is 0 Å². The molecule has 0 aromatic heterocycles. The number of halogens is 1. The third-order valence-electron chi connectivity index (χ3n) is 3.45. The van der Waals surface area contributed by atoms with Gasteiger partial charge in [-0.3, -0.25) is 4.31 Å². The Labute approximate surface area is 147 Å². The SMILES string of the molecule is C=CCN(c1cccc(Cl)c1C)S(=O)(=O)c1ccc(SC)cc1. The Balaban J connectivity index is 2.54. The summed E-state index contributed by atoms with van der Waals surface area (Å²) >= 11 is 7.71. The average molecular weight is 368 g/mol. The van der Waals surface area contributed by atoms with Gasteiger partial charge in [-0.25, -0.2) is 8.42 Å². The van der Waals surface area contributed by atoms with Crippen LogP contribution in [0.1, 0.15) is 5.56 Å². The molecular weight excluding hydrogens is 350 g/mol. The zero-order valence-electron chi connectivity index (χ0n) is 13.0. The third kappa shape index (κ3) is 3.74. The van der Waals surface area contributed by atoms with Gasteiger partial charge in [0.25, 0.3) is 10.0 Å². The first kappa shape index (κ1) is 17.9. The quantitative estimate of drug-likeness (QED) is 0.546. The fourth-order valence-electron chi connectivity index (χ4n) is 2.18. The molecular formula is C17H18ClNO2S2. The van der Waals surface area contributed by atoms with Crippen molar-refractivity contribution in [1.29, 1.82) is 0 Å². The Bertz CT molecular complexity index is 802. The predicted molar refractivity (Wildman–Crippen MR) is 99.1 cm³/mol. The molecule has 3 nitrogen and oxygen atoms in total. The van der Waals surface area contributed by atoms with Gasteiger partial charge in [0, 0.05) is 9.92 Å². The molecule has 23 heavy (non-hydrogen) atoms. The van der Waals surface area contributed by atoms with Crippen LogP contribution in [0.25, 0.3) is 0 Å². The minimum absolute atomic E-state index is 0.174. The van der Waals surface area contributed by atoms with E-state index in [1.165, 1.54) is 4.31 Å². The van der Waals surface area contributed by atoms with E-state index in [1.54, 1.807) is 67.2 Å². The Morgan fingerprint density at radius 1 is 1.22 bits per heavy atom. The topological polar surface area (TPSA) is 37.4 Å². The summed E-state index contributed by atoms with van der Waals surface area (Å²) in [6, 6.07) is 12.1.